The fourth-order valence-corrected chi connectivity index (χ4v) is 2.46. The number of rotatable bonds is 6. The van der Waals surface area contributed by atoms with E-state index in [0.29, 0.717) is 24.9 Å². The van der Waals surface area contributed by atoms with Crippen molar-refractivity contribution >= 4 is 23.5 Å². The van der Waals surface area contributed by atoms with Gasteiger partial charge in [-0.3, -0.25) is 14.4 Å². The SMILES string of the molecule is CC(CCC(=O)O)NC(=O)c1cccc(N2CCCC2=O)c1. The number of benzene rings is 1. The van der Waals surface area contributed by atoms with E-state index in [1.807, 2.05) is 6.07 Å². The van der Waals surface area contributed by atoms with Gasteiger partial charge in [0.1, 0.15) is 0 Å². The Morgan fingerprint density at radius 1 is 1.41 bits per heavy atom. The average molecular weight is 304 g/mol. The molecular formula is C16H20N2O4. The van der Waals surface area contributed by atoms with Crippen LogP contribution < -0.4 is 10.2 Å². The van der Waals surface area contributed by atoms with Gasteiger partial charge in [-0.15, -0.1) is 0 Å². The number of anilines is 1. The van der Waals surface area contributed by atoms with Crippen LogP contribution in [0.2, 0.25) is 0 Å². The molecule has 6 heteroatoms. The van der Waals surface area contributed by atoms with Crippen molar-refractivity contribution in [2.24, 2.45) is 0 Å². The molecule has 1 unspecified atom stereocenters. The summed E-state index contributed by atoms with van der Waals surface area (Å²) < 4.78 is 0. The summed E-state index contributed by atoms with van der Waals surface area (Å²) in [7, 11) is 0. The number of aliphatic carboxylic acids is 1. The van der Waals surface area contributed by atoms with Crippen LogP contribution in [0.4, 0.5) is 5.69 Å². The summed E-state index contributed by atoms with van der Waals surface area (Å²) in [6.07, 6.45) is 1.78. The fourth-order valence-electron chi connectivity index (χ4n) is 2.46. The van der Waals surface area contributed by atoms with E-state index in [4.69, 9.17) is 5.11 Å². The van der Waals surface area contributed by atoms with Crippen LogP contribution in [-0.4, -0.2) is 35.5 Å². The zero-order valence-electron chi connectivity index (χ0n) is 12.5. The topological polar surface area (TPSA) is 86.7 Å². The number of nitrogens with zero attached hydrogens (tertiary/aromatic N) is 1. The summed E-state index contributed by atoms with van der Waals surface area (Å²) in [5.41, 5.74) is 1.20. The van der Waals surface area contributed by atoms with Crippen LogP contribution in [0.15, 0.2) is 24.3 Å². The van der Waals surface area contributed by atoms with Gasteiger partial charge in [0, 0.05) is 36.7 Å². The molecular weight excluding hydrogens is 284 g/mol. The van der Waals surface area contributed by atoms with Gasteiger partial charge in [0.05, 0.1) is 0 Å². The molecule has 2 amide bonds. The van der Waals surface area contributed by atoms with Crippen molar-refractivity contribution in [3.8, 4) is 0 Å². The second-order valence-electron chi connectivity index (χ2n) is 5.51. The lowest BCUT2D eigenvalue weighted by Crippen LogP contribution is -2.33. The molecule has 2 rings (SSSR count). The zero-order valence-corrected chi connectivity index (χ0v) is 12.5. The number of hydrogen-bond acceptors (Lipinski definition) is 3. The number of nitrogens with one attached hydrogen (secondary N) is 1. The van der Waals surface area contributed by atoms with Crippen LogP contribution in [0.3, 0.4) is 0 Å². The lowest BCUT2D eigenvalue weighted by molar-refractivity contribution is -0.137. The number of amides is 2. The number of carbonyl (C=O) groups excluding carboxylic acids is 2. The number of carboxylic acids is 1. The van der Waals surface area contributed by atoms with Gasteiger partial charge < -0.3 is 15.3 Å². The maximum absolute atomic E-state index is 12.2. The fraction of sp³-hybridized carbons (Fsp3) is 0.438. The van der Waals surface area contributed by atoms with Gasteiger partial charge in [0.15, 0.2) is 0 Å². The van der Waals surface area contributed by atoms with Crippen molar-refractivity contribution in [3.63, 3.8) is 0 Å². The monoisotopic (exact) mass is 304 g/mol. The van der Waals surface area contributed by atoms with E-state index in [1.165, 1.54) is 0 Å². The van der Waals surface area contributed by atoms with Crippen molar-refractivity contribution in [1.29, 1.82) is 0 Å². The molecule has 1 aromatic carbocycles. The molecule has 0 aromatic heterocycles. The Morgan fingerprint density at radius 2 is 2.18 bits per heavy atom. The summed E-state index contributed by atoms with van der Waals surface area (Å²) in [6.45, 7) is 2.45. The predicted octanol–water partition coefficient (Wildman–Crippen LogP) is 1.80. The molecule has 1 aliphatic heterocycles. The number of hydrogen-bond donors (Lipinski definition) is 2. The Kier molecular flexibility index (Phi) is 5.14. The third-order valence-corrected chi connectivity index (χ3v) is 3.66. The molecule has 1 heterocycles. The molecule has 1 fully saturated rings. The Balaban J connectivity index is 2.01. The van der Waals surface area contributed by atoms with Crippen LogP contribution >= 0.6 is 0 Å². The van der Waals surface area contributed by atoms with Crippen LogP contribution in [0.5, 0.6) is 0 Å². The largest absolute Gasteiger partial charge is 0.481 e. The molecule has 1 aromatic rings. The Bertz CT molecular complexity index is 585. The van der Waals surface area contributed by atoms with Crippen LogP contribution in [0.1, 0.15) is 43.0 Å². The maximum Gasteiger partial charge on any atom is 0.303 e. The van der Waals surface area contributed by atoms with E-state index in [0.717, 1.165) is 12.1 Å². The van der Waals surface area contributed by atoms with Gasteiger partial charge in [0.2, 0.25) is 5.91 Å². The Morgan fingerprint density at radius 3 is 2.82 bits per heavy atom. The summed E-state index contributed by atoms with van der Waals surface area (Å²) in [5, 5.41) is 11.4. The van der Waals surface area contributed by atoms with Crippen molar-refractivity contribution < 1.29 is 19.5 Å². The molecule has 22 heavy (non-hydrogen) atoms. The second kappa shape index (κ2) is 7.06. The highest BCUT2D eigenvalue weighted by atomic mass is 16.4. The smallest absolute Gasteiger partial charge is 0.303 e. The highest BCUT2D eigenvalue weighted by Gasteiger charge is 2.22. The van der Waals surface area contributed by atoms with Crippen LogP contribution in [0, 0.1) is 0 Å². The first-order chi connectivity index (χ1) is 10.5. The van der Waals surface area contributed by atoms with Gasteiger partial charge in [-0.05, 0) is 38.0 Å². The van der Waals surface area contributed by atoms with Gasteiger partial charge in [-0.25, -0.2) is 0 Å². The maximum atomic E-state index is 12.2. The predicted molar refractivity (Wildman–Crippen MR) is 81.8 cm³/mol. The average Bonchev–Trinajstić information content (AvgIpc) is 2.91. The van der Waals surface area contributed by atoms with E-state index >= 15 is 0 Å². The van der Waals surface area contributed by atoms with E-state index in [9.17, 15) is 14.4 Å². The van der Waals surface area contributed by atoms with Crippen LogP contribution in [0.25, 0.3) is 0 Å². The van der Waals surface area contributed by atoms with Gasteiger partial charge in [-0.2, -0.15) is 0 Å². The molecule has 1 atom stereocenters. The molecule has 1 aliphatic rings. The van der Waals surface area contributed by atoms with Crippen LogP contribution in [-0.2, 0) is 9.59 Å². The molecule has 6 nitrogen and oxygen atoms in total. The minimum absolute atomic E-state index is 0.0176. The van der Waals surface area contributed by atoms with Gasteiger partial charge >= 0.3 is 5.97 Å². The molecule has 0 saturated carbocycles. The molecule has 0 spiro atoms. The first kappa shape index (κ1) is 16.0. The van der Waals surface area contributed by atoms with E-state index in [-0.39, 0.29) is 24.3 Å². The van der Waals surface area contributed by atoms with Crippen molar-refractivity contribution in [3.05, 3.63) is 29.8 Å². The Hall–Kier alpha value is -2.37. The lowest BCUT2D eigenvalue weighted by atomic mass is 10.1. The standard InChI is InChI=1S/C16H20N2O4/c1-11(7-8-15(20)21)17-16(22)12-4-2-5-13(10-12)18-9-3-6-14(18)19/h2,4-5,10-11H,3,6-9H2,1H3,(H,17,22)(H,20,21). The van der Waals surface area contributed by atoms with Gasteiger partial charge in [-0.1, -0.05) is 6.07 Å². The highest BCUT2D eigenvalue weighted by molar-refractivity contribution is 5.99. The zero-order chi connectivity index (χ0) is 16.1. The molecule has 1 saturated heterocycles. The minimum atomic E-state index is -0.879. The highest BCUT2D eigenvalue weighted by Crippen LogP contribution is 2.22. The van der Waals surface area contributed by atoms with E-state index in [1.54, 1.807) is 30.0 Å². The van der Waals surface area contributed by atoms with Gasteiger partial charge in [0.25, 0.3) is 5.91 Å². The normalized spacial score (nSPS) is 15.7. The summed E-state index contributed by atoms with van der Waals surface area (Å²) >= 11 is 0. The summed E-state index contributed by atoms with van der Waals surface area (Å²) in [6, 6.07) is 6.72. The third kappa shape index (κ3) is 4.07. The summed E-state index contributed by atoms with van der Waals surface area (Å²) in [4.78, 5) is 36.2. The quantitative estimate of drug-likeness (QED) is 0.839. The number of carbonyl (C=O) groups is 3. The first-order valence-corrected chi connectivity index (χ1v) is 7.40. The Labute approximate surface area is 129 Å². The number of carboxylic acid groups (broad SMARTS) is 1. The molecule has 118 valence electrons. The van der Waals surface area contributed by atoms with Crippen molar-refractivity contribution in [2.75, 3.05) is 11.4 Å². The first-order valence-electron chi connectivity index (χ1n) is 7.40. The molecule has 0 aliphatic carbocycles. The van der Waals surface area contributed by atoms with E-state index in [2.05, 4.69) is 5.32 Å². The molecule has 2 N–H and O–H groups in total. The van der Waals surface area contributed by atoms with Crippen molar-refractivity contribution in [1.82, 2.24) is 5.32 Å². The minimum Gasteiger partial charge on any atom is -0.481 e. The summed E-state index contributed by atoms with van der Waals surface area (Å²) in [5.74, 6) is -1.06. The van der Waals surface area contributed by atoms with Crippen molar-refractivity contribution in [2.45, 2.75) is 38.6 Å². The third-order valence-electron chi connectivity index (χ3n) is 3.66. The van der Waals surface area contributed by atoms with E-state index < -0.39 is 5.97 Å². The second-order valence-corrected chi connectivity index (χ2v) is 5.51. The lowest BCUT2D eigenvalue weighted by Gasteiger charge is -2.17. The molecule has 0 bridgehead atoms. The molecule has 0 radical (unpaired) electrons.